The van der Waals surface area contributed by atoms with Gasteiger partial charge in [0, 0.05) is 0 Å². The van der Waals surface area contributed by atoms with Crippen LogP contribution in [0.25, 0.3) is 0 Å². The minimum atomic E-state index is 0.0739. The van der Waals surface area contributed by atoms with Crippen LogP contribution in [0, 0.1) is 11.3 Å². The Morgan fingerprint density at radius 3 is 2.53 bits per heavy atom. The lowest BCUT2D eigenvalue weighted by molar-refractivity contribution is 0.135. The van der Waals surface area contributed by atoms with Gasteiger partial charge in [-0.15, -0.1) is 0 Å². The van der Waals surface area contributed by atoms with Crippen molar-refractivity contribution in [3.8, 4) is 5.75 Å². The van der Waals surface area contributed by atoms with Crippen molar-refractivity contribution in [2.75, 3.05) is 0 Å². The second kappa shape index (κ2) is 5.21. The fraction of sp³-hybridized carbons (Fsp3) is 0.500. The molecule has 1 aliphatic carbocycles. The van der Waals surface area contributed by atoms with E-state index < -0.39 is 0 Å². The van der Waals surface area contributed by atoms with Gasteiger partial charge in [0.15, 0.2) is 0 Å². The van der Waals surface area contributed by atoms with Crippen molar-refractivity contribution in [3.63, 3.8) is 0 Å². The van der Waals surface area contributed by atoms with Crippen LogP contribution in [0.2, 0.25) is 0 Å². The summed E-state index contributed by atoms with van der Waals surface area (Å²) in [5, 5.41) is 7.52. The van der Waals surface area contributed by atoms with Crippen molar-refractivity contribution in [1.29, 1.82) is 5.41 Å². The quantitative estimate of drug-likeness (QED) is 0.622. The highest BCUT2D eigenvalue weighted by Gasteiger charge is 2.20. The van der Waals surface area contributed by atoms with Gasteiger partial charge in [-0.25, -0.2) is 0 Å². The molecule has 3 heteroatoms. The van der Waals surface area contributed by atoms with E-state index in [0.29, 0.717) is 5.56 Å². The van der Waals surface area contributed by atoms with E-state index in [4.69, 9.17) is 15.9 Å². The molecule has 0 unspecified atom stereocenters. The summed E-state index contributed by atoms with van der Waals surface area (Å²) in [5.74, 6) is 1.64. The van der Waals surface area contributed by atoms with E-state index in [1.54, 1.807) is 0 Å². The Morgan fingerprint density at radius 1 is 1.24 bits per heavy atom. The summed E-state index contributed by atoms with van der Waals surface area (Å²) in [7, 11) is 0. The number of benzene rings is 1. The lowest BCUT2D eigenvalue weighted by Gasteiger charge is -2.27. The highest BCUT2D eigenvalue weighted by atomic mass is 16.5. The van der Waals surface area contributed by atoms with Crippen molar-refractivity contribution in [3.05, 3.63) is 29.8 Å². The topological polar surface area (TPSA) is 59.1 Å². The number of hydrogen-bond acceptors (Lipinski definition) is 2. The van der Waals surface area contributed by atoms with Gasteiger partial charge in [-0.05, 0) is 43.7 Å². The lowest BCUT2D eigenvalue weighted by atomic mass is 9.89. The number of nitrogens with one attached hydrogen (secondary N) is 1. The van der Waals surface area contributed by atoms with Crippen LogP contribution in [0.1, 0.15) is 38.2 Å². The zero-order chi connectivity index (χ0) is 12.3. The molecule has 0 aromatic heterocycles. The molecular weight excluding hydrogens is 212 g/mol. The average molecular weight is 232 g/mol. The number of nitrogen functional groups attached to an aromatic ring is 1. The van der Waals surface area contributed by atoms with E-state index in [1.165, 1.54) is 12.8 Å². The minimum absolute atomic E-state index is 0.0739. The molecule has 17 heavy (non-hydrogen) atoms. The smallest absolute Gasteiger partial charge is 0.130 e. The summed E-state index contributed by atoms with van der Waals surface area (Å²) >= 11 is 0. The first-order valence-corrected chi connectivity index (χ1v) is 6.27. The standard InChI is InChI=1S/C14H20N2O/c1-10-6-8-11(9-7-10)17-13-5-3-2-4-12(13)14(15)16/h2-5,10-11H,6-9H2,1H3,(H3,15,16). The molecule has 0 atom stereocenters. The molecule has 0 radical (unpaired) electrons. The van der Waals surface area contributed by atoms with Crippen LogP contribution >= 0.6 is 0 Å². The van der Waals surface area contributed by atoms with Crippen LogP contribution in [0.4, 0.5) is 0 Å². The number of para-hydroxylation sites is 1. The molecule has 3 nitrogen and oxygen atoms in total. The van der Waals surface area contributed by atoms with Crippen LogP contribution in [0.15, 0.2) is 24.3 Å². The van der Waals surface area contributed by atoms with Crippen molar-refractivity contribution in [2.45, 2.75) is 38.7 Å². The van der Waals surface area contributed by atoms with E-state index in [1.807, 2.05) is 24.3 Å². The lowest BCUT2D eigenvalue weighted by Crippen LogP contribution is -2.24. The number of nitrogens with two attached hydrogens (primary N) is 1. The van der Waals surface area contributed by atoms with Gasteiger partial charge in [0.25, 0.3) is 0 Å². The molecule has 1 fully saturated rings. The summed E-state index contributed by atoms with van der Waals surface area (Å²) in [4.78, 5) is 0. The third kappa shape index (κ3) is 2.99. The maximum atomic E-state index is 7.52. The van der Waals surface area contributed by atoms with Crippen molar-refractivity contribution >= 4 is 5.84 Å². The normalized spacial score (nSPS) is 24.3. The van der Waals surface area contributed by atoms with E-state index >= 15 is 0 Å². The van der Waals surface area contributed by atoms with Gasteiger partial charge < -0.3 is 10.5 Å². The molecule has 1 saturated carbocycles. The summed E-state index contributed by atoms with van der Waals surface area (Å²) in [6.45, 7) is 2.29. The average Bonchev–Trinajstić information content (AvgIpc) is 2.32. The van der Waals surface area contributed by atoms with Gasteiger partial charge >= 0.3 is 0 Å². The molecule has 0 aliphatic heterocycles. The summed E-state index contributed by atoms with van der Waals surface area (Å²) in [5.41, 5.74) is 6.25. The molecule has 2 rings (SSSR count). The van der Waals surface area contributed by atoms with Crippen LogP contribution in [-0.4, -0.2) is 11.9 Å². The molecule has 1 aromatic rings. The molecule has 0 amide bonds. The zero-order valence-electron chi connectivity index (χ0n) is 10.3. The molecule has 0 heterocycles. The Morgan fingerprint density at radius 2 is 1.88 bits per heavy atom. The second-order valence-electron chi connectivity index (χ2n) is 4.91. The Labute approximate surface area is 102 Å². The van der Waals surface area contributed by atoms with Gasteiger partial charge in [0.1, 0.15) is 11.6 Å². The Kier molecular flexibility index (Phi) is 3.67. The predicted octanol–water partition coefficient (Wildman–Crippen LogP) is 2.93. The minimum Gasteiger partial charge on any atom is -0.490 e. The van der Waals surface area contributed by atoms with Gasteiger partial charge in [0.2, 0.25) is 0 Å². The monoisotopic (exact) mass is 232 g/mol. The van der Waals surface area contributed by atoms with Gasteiger partial charge in [-0.1, -0.05) is 19.1 Å². The summed E-state index contributed by atoms with van der Waals surface area (Å²) in [6.07, 6.45) is 4.95. The second-order valence-corrected chi connectivity index (χ2v) is 4.91. The largest absolute Gasteiger partial charge is 0.490 e. The maximum Gasteiger partial charge on any atom is 0.130 e. The number of rotatable bonds is 3. The van der Waals surface area contributed by atoms with Gasteiger partial charge in [-0.2, -0.15) is 0 Å². The van der Waals surface area contributed by atoms with Crippen LogP contribution in [-0.2, 0) is 0 Å². The fourth-order valence-corrected chi connectivity index (χ4v) is 2.32. The number of amidine groups is 1. The Hall–Kier alpha value is -1.51. The molecule has 0 bridgehead atoms. The molecule has 0 saturated heterocycles. The van der Waals surface area contributed by atoms with Crippen molar-refractivity contribution < 1.29 is 4.74 Å². The molecule has 1 aromatic carbocycles. The highest BCUT2D eigenvalue weighted by molar-refractivity contribution is 5.97. The summed E-state index contributed by atoms with van der Waals surface area (Å²) in [6, 6.07) is 7.54. The molecular formula is C14H20N2O. The zero-order valence-corrected chi connectivity index (χ0v) is 10.3. The molecule has 0 spiro atoms. The van der Waals surface area contributed by atoms with Crippen LogP contribution in [0.3, 0.4) is 0 Å². The molecule has 1 aliphatic rings. The van der Waals surface area contributed by atoms with E-state index in [2.05, 4.69) is 6.92 Å². The number of ether oxygens (including phenoxy) is 1. The van der Waals surface area contributed by atoms with E-state index in [9.17, 15) is 0 Å². The summed E-state index contributed by atoms with van der Waals surface area (Å²) < 4.78 is 5.98. The highest BCUT2D eigenvalue weighted by Crippen LogP contribution is 2.28. The Balaban J connectivity index is 2.05. The first kappa shape index (κ1) is 12.0. The van der Waals surface area contributed by atoms with Crippen LogP contribution in [0.5, 0.6) is 5.75 Å². The maximum absolute atomic E-state index is 7.52. The first-order valence-electron chi connectivity index (χ1n) is 6.27. The van der Waals surface area contributed by atoms with Crippen LogP contribution < -0.4 is 10.5 Å². The number of hydrogen-bond donors (Lipinski definition) is 2. The van der Waals surface area contributed by atoms with E-state index in [-0.39, 0.29) is 11.9 Å². The van der Waals surface area contributed by atoms with Crippen molar-refractivity contribution in [1.82, 2.24) is 0 Å². The van der Waals surface area contributed by atoms with E-state index in [0.717, 1.165) is 24.5 Å². The molecule has 92 valence electrons. The first-order chi connectivity index (χ1) is 8.16. The third-order valence-corrected chi connectivity index (χ3v) is 3.43. The fourth-order valence-electron chi connectivity index (χ4n) is 2.32. The van der Waals surface area contributed by atoms with Crippen molar-refractivity contribution in [2.24, 2.45) is 11.7 Å². The predicted molar refractivity (Wildman–Crippen MR) is 69.5 cm³/mol. The van der Waals surface area contributed by atoms with Gasteiger partial charge in [-0.3, -0.25) is 5.41 Å². The van der Waals surface area contributed by atoms with Gasteiger partial charge in [0.05, 0.1) is 11.7 Å². The third-order valence-electron chi connectivity index (χ3n) is 3.43. The molecule has 3 N–H and O–H groups in total. The SMILES string of the molecule is CC1CCC(Oc2ccccc2C(=N)N)CC1. The Bertz CT molecular complexity index is 395.